The molecule has 2 aromatic carbocycles. The number of carbonyl (C=O) groups is 1. The Morgan fingerprint density at radius 2 is 1.53 bits per heavy atom. The molecule has 0 aromatic heterocycles. The zero-order valence-electron chi connectivity index (χ0n) is 9.80. The van der Waals surface area contributed by atoms with Crippen molar-refractivity contribution >= 4 is 21.7 Å². The number of Topliss-reactive ketones (excluding diaryl/α,β-unsaturated/α-hetero) is 1. The Balaban J connectivity index is 2.28. The molecular weight excluding hydrogens is 312 g/mol. The van der Waals surface area contributed by atoms with Crippen LogP contribution in [0.4, 0.5) is 0 Å². The van der Waals surface area contributed by atoms with Gasteiger partial charge in [-0.1, -0.05) is 28.1 Å². The maximum absolute atomic E-state index is 12.0. The Labute approximate surface area is 118 Å². The molecule has 0 aliphatic rings. The maximum atomic E-state index is 12.0. The van der Waals surface area contributed by atoms with Gasteiger partial charge in [0.1, 0.15) is 22.8 Å². The molecule has 4 nitrogen and oxygen atoms in total. The van der Waals surface area contributed by atoms with Crippen molar-refractivity contribution < 1.29 is 20.1 Å². The van der Waals surface area contributed by atoms with Gasteiger partial charge in [0.25, 0.3) is 0 Å². The third-order valence-electron chi connectivity index (χ3n) is 2.64. The number of hydrogen-bond donors (Lipinski definition) is 3. The first kappa shape index (κ1) is 13.4. The smallest absolute Gasteiger partial charge is 0.174 e. The van der Waals surface area contributed by atoms with Crippen molar-refractivity contribution in [2.45, 2.75) is 6.42 Å². The predicted molar refractivity (Wildman–Crippen MR) is 73.6 cm³/mol. The molecule has 0 heterocycles. The molecule has 0 atom stereocenters. The summed E-state index contributed by atoms with van der Waals surface area (Å²) in [6.45, 7) is 0. The SMILES string of the molecule is O=C(Cc1ccc(Br)cc1)c1c(O)cc(O)cc1O. The molecule has 0 unspecified atom stereocenters. The number of rotatable bonds is 3. The summed E-state index contributed by atoms with van der Waals surface area (Å²) in [5.41, 5.74) is 0.584. The van der Waals surface area contributed by atoms with E-state index in [4.69, 9.17) is 0 Å². The summed E-state index contributed by atoms with van der Waals surface area (Å²) in [6, 6.07) is 9.20. The third-order valence-corrected chi connectivity index (χ3v) is 3.17. The lowest BCUT2D eigenvalue weighted by molar-refractivity contribution is 0.0987. The minimum Gasteiger partial charge on any atom is -0.508 e. The van der Waals surface area contributed by atoms with Gasteiger partial charge < -0.3 is 15.3 Å². The molecule has 5 heteroatoms. The molecule has 0 radical (unpaired) electrons. The van der Waals surface area contributed by atoms with Crippen LogP contribution in [0.25, 0.3) is 0 Å². The average molecular weight is 323 g/mol. The molecule has 0 amide bonds. The van der Waals surface area contributed by atoms with Gasteiger partial charge in [0.05, 0.1) is 0 Å². The zero-order chi connectivity index (χ0) is 14.0. The molecule has 0 spiro atoms. The molecule has 0 saturated heterocycles. The van der Waals surface area contributed by atoms with E-state index < -0.39 is 17.3 Å². The number of benzene rings is 2. The summed E-state index contributed by atoms with van der Waals surface area (Å²) in [7, 11) is 0. The number of halogens is 1. The molecule has 19 heavy (non-hydrogen) atoms. The summed E-state index contributed by atoms with van der Waals surface area (Å²) < 4.78 is 0.902. The Hall–Kier alpha value is -2.01. The first-order valence-electron chi connectivity index (χ1n) is 5.50. The second-order valence-electron chi connectivity index (χ2n) is 4.09. The Morgan fingerprint density at radius 1 is 1.00 bits per heavy atom. The summed E-state index contributed by atoms with van der Waals surface area (Å²) >= 11 is 3.30. The van der Waals surface area contributed by atoms with Gasteiger partial charge in [0.15, 0.2) is 5.78 Å². The average Bonchev–Trinajstić information content (AvgIpc) is 2.30. The minimum atomic E-state index is -0.431. The minimum absolute atomic E-state index is 0.0547. The highest BCUT2D eigenvalue weighted by atomic mass is 79.9. The van der Waals surface area contributed by atoms with Gasteiger partial charge in [0, 0.05) is 23.0 Å². The highest BCUT2D eigenvalue weighted by molar-refractivity contribution is 9.10. The fourth-order valence-corrected chi connectivity index (χ4v) is 2.02. The summed E-state index contributed by atoms with van der Waals surface area (Å²) in [4.78, 5) is 12.0. The van der Waals surface area contributed by atoms with E-state index in [9.17, 15) is 20.1 Å². The van der Waals surface area contributed by atoms with Crippen LogP contribution in [-0.2, 0) is 6.42 Å². The molecule has 0 fully saturated rings. The summed E-state index contributed by atoms with van der Waals surface area (Å²) in [5.74, 6) is -1.58. The van der Waals surface area contributed by atoms with E-state index >= 15 is 0 Å². The van der Waals surface area contributed by atoms with Crippen LogP contribution in [0.15, 0.2) is 40.9 Å². The Bertz CT molecular complexity index is 597. The number of aromatic hydroxyl groups is 3. The van der Waals surface area contributed by atoms with Crippen molar-refractivity contribution in [2.75, 3.05) is 0 Å². The van der Waals surface area contributed by atoms with Gasteiger partial charge in [-0.05, 0) is 17.7 Å². The van der Waals surface area contributed by atoms with Crippen molar-refractivity contribution in [3.05, 3.63) is 52.0 Å². The summed E-state index contributed by atoms with van der Waals surface area (Å²) in [5, 5.41) is 28.4. The fourth-order valence-electron chi connectivity index (χ4n) is 1.76. The molecule has 2 rings (SSSR count). The lowest BCUT2D eigenvalue weighted by Gasteiger charge is -2.07. The number of phenolic OH excluding ortho intramolecular Hbond substituents is 3. The van der Waals surface area contributed by atoms with E-state index in [0.717, 1.165) is 22.2 Å². The Morgan fingerprint density at radius 3 is 2.05 bits per heavy atom. The van der Waals surface area contributed by atoms with Crippen LogP contribution >= 0.6 is 15.9 Å². The second kappa shape index (κ2) is 5.32. The predicted octanol–water partition coefficient (Wildman–Crippen LogP) is 2.99. The van der Waals surface area contributed by atoms with Crippen LogP contribution in [0.5, 0.6) is 17.2 Å². The van der Waals surface area contributed by atoms with Gasteiger partial charge in [0.2, 0.25) is 0 Å². The van der Waals surface area contributed by atoms with E-state index in [0.29, 0.717) is 0 Å². The molecule has 0 aliphatic heterocycles. The highest BCUT2D eigenvalue weighted by Crippen LogP contribution is 2.32. The van der Waals surface area contributed by atoms with Crippen molar-refractivity contribution in [3.8, 4) is 17.2 Å². The monoisotopic (exact) mass is 322 g/mol. The van der Waals surface area contributed by atoms with Gasteiger partial charge >= 0.3 is 0 Å². The topological polar surface area (TPSA) is 77.8 Å². The first-order chi connectivity index (χ1) is 8.97. The van der Waals surface area contributed by atoms with Crippen molar-refractivity contribution in [3.63, 3.8) is 0 Å². The molecule has 3 N–H and O–H groups in total. The van der Waals surface area contributed by atoms with E-state index in [1.807, 2.05) is 0 Å². The lowest BCUT2D eigenvalue weighted by atomic mass is 10.0. The van der Waals surface area contributed by atoms with Crippen LogP contribution in [-0.4, -0.2) is 21.1 Å². The van der Waals surface area contributed by atoms with Gasteiger partial charge in [-0.3, -0.25) is 4.79 Å². The first-order valence-corrected chi connectivity index (χ1v) is 6.29. The second-order valence-corrected chi connectivity index (χ2v) is 5.00. The van der Waals surface area contributed by atoms with Crippen LogP contribution in [0.1, 0.15) is 15.9 Å². The lowest BCUT2D eigenvalue weighted by Crippen LogP contribution is -2.04. The van der Waals surface area contributed by atoms with Gasteiger partial charge in [-0.15, -0.1) is 0 Å². The standard InChI is InChI=1S/C14H11BrO4/c15-9-3-1-8(2-4-9)5-11(17)14-12(18)6-10(16)7-13(14)19/h1-4,6-7,16,18-19H,5H2. The van der Waals surface area contributed by atoms with E-state index in [-0.39, 0.29) is 17.7 Å². The summed E-state index contributed by atoms with van der Waals surface area (Å²) in [6.07, 6.45) is 0.0547. The van der Waals surface area contributed by atoms with Crippen molar-refractivity contribution in [1.29, 1.82) is 0 Å². The largest absolute Gasteiger partial charge is 0.508 e. The number of carbonyl (C=O) groups excluding carboxylic acids is 1. The number of hydrogen-bond acceptors (Lipinski definition) is 4. The Kier molecular flexibility index (Phi) is 3.76. The van der Waals surface area contributed by atoms with Crippen molar-refractivity contribution in [2.24, 2.45) is 0 Å². The number of ketones is 1. The van der Waals surface area contributed by atoms with E-state index in [2.05, 4.69) is 15.9 Å². The van der Waals surface area contributed by atoms with E-state index in [1.165, 1.54) is 0 Å². The quantitative estimate of drug-likeness (QED) is 0.759. The number of phenols is 3. The van der Waals surface area contributed by atoms with Crippen LogP contribution in [0.3, 0.4) is 0 Å². The zero-order valence-corrected chi connectivity index (χ0v) is 11.4. The van der Waals surface area contributed by atoms with Gasteiger partial charge in [-0.25, -0.2) is 0 Å². The van der Waals surface area contributed by atoms with Crippen LogP contribution < -0.4 is 0 Å². The maximum Gasteiger partial charge on any atom is 0.174 e. The molecular formula is C14H11BrO4. The van der Waals surface area contributed by atoms with E-state index in [1.54, 1.807) is 24.3 Å². The molecule has 0 saturated carbocycles. The highest BCUT2D eigenvalue weighted by Gasteiger charge is 2.17. The van der Waals surface area contributed by atoms with Crippen LogP contribution in [0.2, 0.25) is 0 Å². The third kappa shape index (κ3) is 3.06. The van der Waals surface area contributed by atoms with Gasteiger partial charge in [-0.2, -0.15) is 0 Å². The molecule has 0 bridgehead atoms. The van der Waals surface area contributed by atoms with Crippen LogP contribution in [0, 0.1) is 0 Å². The molecule has 98 valence electrons. The molecule has 2 aromatic rings. The fraction of sp³-hybridized carbons (Fsp3) is 0.0714. The van der Waals surface area contributed by atoms with Crippen molar-refractivity contribution in [1.82, 2.24) is 0 Å². The normalized spacial score (nSPS) is 10.4. The molecule has 0 aliphatic carbocycles.